The zero-order chi connectivity index (χ0) is 12.3. The summed E-state index contributed by atoms with van der Waals surface area (Å²) in [6, 6.07) is 2.17. The van der Waals surface area contributed by atoms with Crippen molar-refractivity contribution < 1.29 is 4.79 Å². The second-order valence-corrected chi connectivity index (χ2v) is 5.14. The fourth-order valence-electron chi connectivity index (χ4n) is 2.58. The number of aromatic nitrogens is 2. The average molecular weight is 235 g/mol. The summed E-state index contributed by atoms with van der Waals surface area (Å²) in [4.78, 5) is 11.9. The van der Waals surface area contributed by atoms with Gasteiger partial charge >= 0.3 is 0 Å². The SMILES string of the molecule is CC1CCCC(NC(=O)Cn2cccn2)C1C. The molecular weight excluding hydrogens is 214 g/mol. The highest BCUT2D eigenvalue weighted by Gasteiger charge is 2.27. The molecule has 1 aromatic rings. The molecule has 3 atom stereocenters. The van der Waals surface area contributed by atoms with Crippen LogP contribution >= 0.6 is 0 Å². The number of rotatable bonds is 3. The van der Waals surface area contributed by atoms with E-state index in [9.17, 15) is 4.79 Å². The van der Waals surface area contributed by atoms with Gasteiger partial charge in [0.25, 0.3) is 0 Å². The van der Waals surface area contributed by atoms with Crippen LogP contribution in [0.1, 0.15) is 33.1 Å². The van der Waals surface area contributed by atoms with Gasteiger partial charge in [-0.1, -0.05) is 26.7 Å². The second-order valence-electron chi connectivity index (χ2n) is 5.14. The summed E-state index contributed by atoms with van der Waals surface area (Å²) in [5, 5.41) is 7.18. The number of carbonyl (C=O) groups is 1. The Morgan fingerprint density at radius 1 is 1.47 bits per heavy atom. The molecular formula is C13H21N3O. The lowest BCUT2D eigenvalue weighted by Gasteiger charge is -2.34. The molecule has 1 aromatic heterocycles. The number of hydrogen-bond donors (Lipinski definition) is 1. The average Bonchev–Trinajstić information content (AvgIpc) is 2.77. The van der Waals surface area contributed by atoms with Gasteiger partial charge in [0.2, 0.25) is 5.91 Å². The molecule has 0 radical (unpaired) electrons. The lowest BCUT2D eigenvalue weighted by atomic mass is 9.78. The molecule has 0 aromatic carbocycles. The Balaban J connectivity index is 1.85. The molecule has 2 rings (SSSR count). The molecule has 0 aliphatic heterocycles. The van der Waals surface area contributed by atoms with Gasteiger partial charge in [-0.15, -0.1) is 0 Å². The molecule has 1 N–H and O–H groups in total. The molecule has 4 heteroatoms. The molecule has 3 unspecified atom stereocenters. The van der Waals surface area contributed by atoms with Crippen LogP contribution in [0.3, 0.4) is 0 Å². The maximum atomic E-state index is 11.9. The predicted molar refractivity (Wildman–Crippen MR) is 66.3 cm³/mol. The minimum absolute atomic E-state index is 0.0691. The monoisotopic (exact) mass is 235 g/mol. The Labute approximate surface area is 102 Å². The maximum Gasteiger partial charge on any atom is 0.241 e. The van der Waals surface area contributed by atoms with Crippen LogP contribution in [0.5, 0.6) is 0 Å². The Kier molecular flexibility index (Phi) is 3.82. The highest BCUT2D eigenvalue weighted by atomic mass is 16.2. The van der Waals surface area contributed by atoms with Gasteiger partial charge in [0.05, 0.1) is 0 Å². The quantitative estimate of drug-likeness (QED) is 0.868. The molecule has 0 saturated heterocycles. The standard InChI is InChI=1S/C13H21N3O/c1-10-5-3-6-12(11(10)2)15-13(17)9-16-8-4-7-14-16/h4,7-8,10-12H,3,5-6,9H2,1-2H3,(H,15,17). The van der Waals surface area contributed by atoms with E-state index in [0.717, 1.165) is 6.42 Å². The second kappa shape index (κ2) is 5.34. The summed E-state index contributed by atoms with van der Waals surface area (Å²) < 4.78 is 1.66. The molecule has 1 amide bonds. The van der Waals surface area contributed by atoms with Crippen molar-refractivity contribution in [1.29, 1.82) is 0 Å². The lowest BCUT2D eigenvalue weighted by molar-refractivity contribution is -0.123. The lowest BCUT2D eigenvalue weighted by Crippen LogP contribution is -2.44. The Bertz CT molecular complexity index is 361. The van der Waals surface area contributed by atoms with E-state index in [1.807, 2.05) is 12.3 Å². The fraction of sp³-hybridized carbons (Fsp3) is 0.692. The normalized spacial score (nSPS) is 28.9. The molecule has 1 saturated carbocycles. The molecule has 1 heterocycles. The van der Waals surface area contributed by atoms with Crippen molar-refractivity contribution in [3.05, 3.63) is 18.5 Å². The first-order valence-electron chi connectivity index (χ1n) is 6.43. The summed E-state index contributed by atoms with van der Waals surface area (Å²) in [5.41, 5.74) is 0. The van der Waals surface area contributed by atoms with E-state index >= 15 is 0 Å². The van der Waals surface area contributed by atoms with Crippen molar-refractivity contribution in [3.63, 3.8) is 0 Å². The van der Waals surface area contributed by atoms with E-state index in [1.54, 1.807) is 10.9 Å². The van der Waals surface area contributed by atoms with Crippen LogP contribution in [0.15, 0.2) is 18.5 Å². The number of nitrogens with zero attached hydrogens (tertiary/aromatic N) is 2. The van der Waals surface area contributed by atoms with E-state index in [0.29, 0.717) is 24.4 Å². The van der Waals surface area contributed by atoms with E-state index in [2.05, 4.69) is 24.3 Å². The highest BCUT2D eigenvalue weighted by molar-refractivity contribution is 5.75. The van der Waals surface area contributed by atoms with Crippen molar-refractivity contribution in [2.24, 2.45) is 11.8 Å². The highest BCUT2D eigenvalue weighted by Crippen LogP contribution is 2.29. The van der Waals surface area contributed by atoms with Crippen molar-refractivity contribution in [3.8, 4) is 0 Å². The van der Waals surface area contributed by atoms with Crippen LogP contribution in [-0.4, -0.2) is 21.7 Å². The maximum absolute atomic E-state index is 11.9. The third kappa shape index (κ3) is 3.08. The minimum atomic E-state index is 0.0691. The van der Waals surface area contributed by atoms with Crippen molar-refractivity contribution >= 4 is 5.91 Å². The largest absolute Gasteiger partial charge is 0.351 e. The minimum Gasteiger partial charge on any atom is -0.351 e. The third-order valence-electron chi connectivity index (χ3n) is 3.92. The zero-order valence-corrected chi connectivity index (χ0v) is 10.6. The molecule has 1 aliphatic carbocycles. The molecule has 1 aliphatic rings. The summed E-state index contributed by atoms with van der Waals surface area (Å²) in [6.07, 6.45) is 7.12. The van der Waals surface area contributed by atoms with Crippen LogP contribution in [0.4, 0.5) is 0 Å². The number of amides is 1. The fourth-order valence-corrected chi connectivity index (χ4v) is 2.58. The van der Waals surface area contributed by atoms with E-state index < -0.39 is 0 Å². The summed E-state index contributed by atoms with van der Waals surface area (Å²) in [7, 11) is 0. The van der Waals surface area contributed by atoms with Gasteiger partial charge in [-0.3, -0.25) is 9.48 Å². The molecule has 0 bridgehead atoms. The Hall–Kier alpha value is -1.32. The molecule has 1 fully saturated rings. The molecule has 0 spiro atoms. The number of hydrogen-bond acceptors (Lipinski definition) is 2. The van der Waals surface area contributed by atoms with Gasteiger partial charge in [0.15, 0.2) is 0 Å². The summed E-state index contributed by atoms with van der Waals surface area (Å²) in [5.74, 6) is 1.35. The van der Waals surface area contributed by atoms with Crippen molar-refractivity contribution in [2.45, 2.75) is 45.7 Å². The summed E-state index contributed by atoms with van der Waals surface area (Å²) >= 11 is 0. The van der Waals surface area contributed by atoms with Crippen LogP contribution < -0.4 is 5.32 Å². The molecule has 94 valence electrons. The first-order valence-corrected chi connectivity index (χ1v) is 6.43. The van der Waals surface area contributed by atoms with Gasteiger partial charge in [-0.25, -0.2) is 0 Å². The van der Waals surface area contributed by atoms with Gasteiger partial charge in [0.1, 0.15) is 6.54 Å². The third-order valence-corrected chi connectivity index (χ3v) is 3.92. The predicted octanol–water partition coefficient (Wildman–Crippen LogP) is 1.82. The number of nitrogens with one attached hydrogen (secondary N) is 1. The molecule has 17 heavy (non-hydrogen) atoms. The Morgan fingerprint density at radius 2 is 2.29 bits per heavy atom. The zero-order valence-electron chi connectivity index (χ0n) is 10.6. The van der Waals surface area contributed by atoms with E-state index in [4.69, 9.17) is 0 Å². The van der Waals surface area contributed by atoms with Crippen molar-refractivity contribution in [2.75, 3.05) is 0 Å². The number of carbonyl (C=O) groups excluding carboxylic acids is 1. The topological polar surface area (TPSA) is 46.9 Å². The van der Waals surface area contributed by atoms with Gasteiger partial charge in [-0.05, 0) is 24.3 Å². The van der Waals surface area contributed by atoms with Crippen LogP contribution in [0, 0.1) is 11.8 Å². The smallest absolute Gasteiger partial charge is 0.241 e. The van der Waals surface area contributed by atoms with Gasteiger partial charge < -0.3 is 5.32 Å². The Morgan fingerprint density at radius 3 is 3.00 bits per heavy atom. The molecule has 4 nitrogen and oxygen atoms in total. The van der Waals surface area contributed by atoms with Crippen LogP contribution in [0.25, 0.3) is 0 Å². The van der Waals surface area contributed by atoms with Gasteiger partial charge in [0, 0.05) is 18.4 Å². The van der Waals surface area contributed by atoms with Crippen LogP contribution in [-0.2, 0) is 11.3 Å². The first kappa shape index (κ1) is 12.1. The van der Waals surface area contributed by atoms with Gasteiger partial charge in [-0.2, -0.15) is 5.10 Å². The first-order chi connectivity index (χ1) is 8.16. The van der Waals surface area contributed by atoms with E-state index in [-0.39, 0.29) is 5.91 Å². The van der Waals surface area contributed by atoms with Crippen molar-refractivity contribution in [1.82, 2.24) is 15.1 Å². The van der Waals surface area contributed by atoms with Crippen LogP contribution in [0.2, 0.25) is 0 Å². The summed E-state index contributed by atoms with van der Waals surface area (Å²) in [6.45, 7) is 4.84. The van der Waals surface area contributed by atoms with E-state index in [1.165, 1.54) is 12.8 Å².